The zero-order chi connectivity index (χ0) is 14.4. The highest BCUT2D eigenvalue weighted by atomic mass is 16.5. The topological polar surface area (TPSA) is 50.8 Å². The molecule has 1 amide bonds. The molecule has 0 radical (unpaired) electrons. The van der Waals surface area contributed by atoms with Gasteiger partial charge < -0.3 is 19.7 Å². The van der Waals surface area contributed by atoms with Gasteiger partial charge >= 0.3 is 0 Å². The fourth-order valence-corrected chi connectivity index (χ4v) is 2.20. The summed E-state index contributed by atoms with van der Waals surface area (Å²) in [5.74, 6) is 0.965. The average molecular weight is 278 g/mol. The summed E-state index contributed by atoms with van der Waals surface area (Å²) in [5.41, 5.74) is 1.10. The Morgan fingerprint density at radius 1 is 1.45 bits per heavy atom. The predicted octanol–water partition coefficient (Wildman–Crippen LogP) is 1.03. The lowest BCUT2D eigenvalue weighted by Gasteiger charge is -2.29. The van der Waals surface area contributed by atoms with Crippen LogP contribution >= 0.6 is 0 Å². The van der Waals surface area contributed by atoms with Crippen LogP contribution in [0.1, 0.15) is 12.5 Å². The number of hydrogen-bond acceptors (Lipinski definition) is 4. The molecule has 5 nitrogen and oxygen atoms in total. The standard InChI is InChI=1S/C15H22N2O3/c1-12(15(18)17-6-8-20-9-7-17)16-11-13-4-3-5-14(10-13)19-2/h3-5,10,12,16H,6-9,11H2,1-2H3. The van der Waals surface area contributed by atoms with Crippen molar-refractivity contribution in [1.29, 1.82) is 0 Å². The molecule has 0 aromatic heterocycles. The van der Waals surface area contributed by atoms with Crippen LogP contribution in [-0.2, 0) is 16.1 Å². The first-order valence-electron chi connectivity index (χ1n) is 6.93. The van der Waals surface area contributed by atoms with Gasteiger partial charge in [0.15, 0.2) is 0 Å². The molecule has 1 aliphatic heterocycles. The fraction of sp³-hybridized carbons (Fsp3) is 0.533. The van der Waals surface area contributed by atoms with Crippen LogP contribution < -0.4 is 10.1 Å². The highest BCUT2D eigenvalue weighted by Gasteiger charge is 2.21. The Morgan fingerprint density at radius 3 is 2.90 bits per heavy atom. The van der Waals surface area contributed by atoms with Gasteiger partial charge in [0, 0.05) is 19.6 Å². The van der Waals surface area contributed by atoms with Crippen molar-refractivity contribution >= 4 is 5.91 Å². The molecule has 0 aliphatic carbocycles. The van der Waals surface area contributed by atoms with Crippen molar-refractivity contribution < 1.29 is 14.3 Å². The molecular weight excluding hydrogens is 256 g/mol. The first kappa shape index (κ1) is 14.8. The Labute approximate surface area is 119 Å². The maximum absolute atomic E-state index is 12.2. The molecule has 1 heterocycles. The zero-order valence-electron chi connectivity index (χ0n) is 12.1. The minimum absolute atomic E-state index is 0.135. The minimum Gasteiger partial charge on any atom is -0.497 e. The van der Waals surface area contributed by atoms with E-state index in [2.05, 4.69) is 5.32 Å². The van der Waals surface area contributed by atoms with E-state index in [1.165, 1.54) is 0 Å². The van der Waals surface area contributed by atoms with Crippen LogP contribution in [0.15, 0.2) is 24.3 Å². The third-order valence-corrected chi connectivity index (χ3v) is 3.44. The smallest absolute Gasteiger partial charge is 0.239 e. The molecule has 1 saturated heterocycles. The number of rotatable bonds is 5. The lowest BCUT2D eigenvalue weighted by Crippen LogP contribution is -2.49. The van der Waals surface area contributed by atoms with E-state index in [0.29, 0.717) is 32.8 Å². The molecule has 0 saturated carbocycles. The summed E-state index contributed by atoms with van der Waals surface area (Å²) in [4.78, 5) is 14.1. The Hall–Kier alpha value is -1.59. The van der Waals surface area contributed by atoms with Crippen LogP contribution in [-0.4, -0.2) is 50.3 Å². The van der Waals surface area contributed by atoms with Gasteiger partial charge in [-0.15, -0.1) is 0 Å². The van der Waals surface area contributed by atoms with Crippen molar-refractivity contribution in [2.45, 2.75) is 19.5 Å². The van der Waals surface area contributed by atoms with Gasteiger partial charge in [-0.3, -0.25) is 4.79 Å². The minimum atomic E-state index is -0.195. The van der Waals surface area contributed by atoms with E-state index in [0.717, 1.165) is 11.3 Å². The highest BCUT2D eigenvalue weighted by molar-refractivity contribution is 5.81. The van der Waals surface area contributed by atoms with E-state index in [-0.39, 0.29) is 11.9 Å². The normalized spacial score (nSPS) is 16.8. The molecule has 1 aliphatic rings. The number of morpholine rings is 1. The third kappa shape index (κ3) is 3.95. The van der Waals surface area contributed by atoms with E-state index in [4.69, 9.17) is 9.47 Å². The average Bonchev–Trinajstić information content (AvgIpc) is 2.53. The van der Waals surface area contributed by atoms with Gasteiger partial charge in [0.2, 0.25) is 5.91 Å². The summed E-state index contributed by atoms with van der Waals surface area (Å²) < 4.78 is 10.4. The van der Waals surface area contributed by atoms with Crippen molar-refractivity contribution in [3.05, 3.63) is 29.8 Å². The molecule has 110 valence electrons. The molecule has 20 heavy (non-hydrogen) atoms. The summed E-state index contributed by atoms with van der Waals surface area (Å²) in [5, 5.41) is 3.26. The summed E-state index contributed by atoms with van der Waals surface area (Å²) in [7, 11) is 1.65. The molecule has 1 aromatic carbocycles. The summed E-state index contributed by atoms with van der Waals surface area (Å²) in [6.45, 7) is 5.18. The maximum Gasteiger partial charge on any atom is 0.239 e. The van der Waals surface area contributed by atoms with Crippen molar-refractivity contribution in [1.82, 2.24) is 10.2 Å². The molecule has 0 spiro atoms. The number of carbonyl (C=O) groups is 1. The zero-order valence-corrected chi connectivity index (χ0v) is 12.1. The first-order chi connectivity index (χ1) is 9.70. The Kier molecular flexibility index (Phi) is 5.38. The summed E-state index contributed by atoms with van der Waals surface area (Å²) >= 11 is 0. The third-order valence-electron chi connectivity index (χ3n) is 3.44. The largest absolute Gasteiger partial charge is 0.497 e. The van der Waals surface area contributed by atoms with Crippen molar-refractivity contribution in [2.24, 2.45) is 0 Å². The fourth-order valence-electron chi connectivity index (χ4n) is 2.20. The number of ether oxygens (including phenoxy) is 2. The quantitative estimate of drug-likeness (QED) is 0.874. The molecule has 1 unspecified atom stereocenters. The number of hydrogen-bond donors (Lipinski definition) is 1. The van der Waals surface area contributed by atoms with Gasteiger partial charge in [-0.25, -0.2) is 0 Å². The number of amides is 1. The molecule has 0 bridgehead atoms. The number of methoxy groups -OCH3 is 1. The highest BCUT2D eigenvalue weighted by Crippen LogP contribution is 2.12. The number of benzene rings is 1. The Balaban J connectivity index is 1.84. The van der Waals surface area contributed by atoms with Gasteiger partial charge in [0.05, 0.1) is 26.4 Å². The van der Waals surface area contributed by atoms with E-state index in [1.54, 1.807) is 7.11 Å². The monoisotopic (exact) mass is 278 g/mol. The van der Waals surface area contributed by atoms with Crippen molar-refractivity contribution in [2.75, 3.05) is 33.4 Å². The molecule has 1 aromatic rings. The van der Waals surface area contributed by atoms with Crippen LogP contribution in [0, 0.1) is 0 Å². The van der Waals surface area contributed by atoms with Crippen LogP contribution in [0.25, 0.3) is 0 Å². The van der Waals surface area contributed by atoms with Gasteiger partial charge in [-0.05, 0) is 24.6 Å². The molecule has 1 atom stereocenters. The van der Waals surface area contributed by atoms with Gasteiger partial charge in [-0.1, -0.05) is 12.1 Å². The lowest BCUT2D eigenvalue weighted by molar-refractivity contribution is -0.137. The van der Waals surface area contributed by atoms with Crippen molar-refractivity contribution in [3.63, 3.8) is 0 Å². The lowest BCUT2D eigenvalue weighted by atomic mass is 10.2. The predicted molar refractivity (Wildman–Crippen MR) is 76.7 cm³/mol. The van der Waals surface area contributed by atoms with Crippen LogP contribution in [0.3, 0.4) is 0 Å². The molecule has 2 rings (SSSR count). The second kappa shape index (κ2) is 7.26. The number of carbonyl (C=O) groups excluding carboxylic acids is 1. The van der Waals surface area contributed by atoms with Crippen LogP contribution in [0.5, 0.6) is 5.75 Å². The van der Waals surface area contributed by atoms with E-state index in [9.17, 15) is 4.79 Å². The molecule has 5 heteroatoms. The molecular formula is C15H22N2O3. The Morgan fingerprint density at radius 2 is 2.20 bits per heavy atom. The number of nitrogens with zero attached hydrogens (tertiary/aromatic N) is 1. The van der Waals surface area contributed by atoms with E-state index < -0.39 is 0 Å². The SMILES string of the molecule is COc1cccc(CNC(C)C(=O)N2CCOCC2)c1. The van der Waals surface area contributed by atoms with Gasteiger partial charge in [0.1, 0.15) is 5.75 Å². The van der Waals surface area contributed by atoms with Crippen molar-refractivity contribution in [3.8, 4) is 5.75 Å². The Bertz CT molecular complexity index is 444. The number of nitrogens with one attached hydrogen (secondary N) is 1. The van der Waals surface area contributed by atoms with Gasteiger partial charge in [0.25, 0.3) is 0 Å². The van der Waals surface area contributed by atoms with Crippen LogP contribution in [0.4, 0.5) is 0 Å². The molecule has 1 N–H and O–H groups in total. The second-order valence-corrected chi connectivity index (χ2v) is 4.89. The maximum atomic E-state index is 12.2. The summed E-state index contributed by atoms with van der Waals surface area (Å²) in [6, 6.07) is 7.65. The van der Waals surface area contributed by atoms with Gasteiger partial charge in [-0.2, -0.15) is 0 Å². The van der Waals surface area contributed by atoms with E-state index in [1.807, 2.05) is 36.1 Å². The van der Waals surface area contributed by atoms with E-state index >= 15 is 0 Å². The second-order valence-electron chi connectivity index (χ2n) is 4.89. The first-order valence-corrected chi connectivity index (χ1v) is 6.93. The molecule has 1 fully saturated rings. The summed E-state index contributed by atoms with van der Waals surface area (Å²) in [6.07, 6.45) is 0. The van der Waals surface area contributed by atoms with Crippen LogP contribution in [0.2, 0.25) is 0 Å².